The van der Waals surface area contributed by atoms with Gasteiger partial charge in [0, 0.05) is 42.4 Å². The number of hydrogen-bond acceptors (Lipinski definition) is 5. The van der Waals surface area contributed by atoms with Crippen LogP contribution in [0.3, 0.4) is 0 Å². The number of amides is 1. The Kier molecular flexibility index (Phi) is 6.79. The van der Waals surface area contributed by atoms with Crippen LogP contribution in [-0.2, 0) is 9.53 Å². The van der Waals surface area contributed by atoms with Crippen LogP contribution in [0, 0.1) is 0 Å². The maximum Gasteiger partial charge on any atom is 0.327 e. The number of benzene rings is 2. The predicted octanol–water partition coefficient (Wildman–Crippen LogP) is 3.85. The van der Waals surface area contributed by atoms with E-state index in [4.69, 9.17) is 27.9 Å². The number of carbonyl (C=O) groups is 2. The Labute approximate surface area is 196 Å². The number of nitrogens with zero attached hydrogens (tertiary/aromatic N) is 4. The molecule has 1 aliphatic heterocycles. The summed E-state index contributed by atoms with van der Waals surface area (Å²) in [7, 11) is 1.38. The Hall–Kier alpha value is -2.87. The van der Waals surface area contributed by atoms with Crippen LogP contribution in [0.25, 0.3) is 5.69 Å². The summed E-state index contributed by atoms with van der Waals surface area (Å²) >= 11 is 11.9. The van der Waals surface area contributed by atoms with Gasteiger partial charge < -0.3 is 9.64 Å². The van der Waals surface area contributed by atoms with E-state index in [0.717, 1.165) is 11.3 Å². The lowest BCUT2D eigenvalue weighted by Gasteiger charge is -2.38. The van der Waals surface area contributed by atoms with Crippen LogP contribution in [0.1, 0.15) is 22.0 Å². The molecule has 1 aliphatic rings. The fourth-order valence-corrected chi connectivity index (χ4v) is 4.04. The maximum absolute atomic E-state index is 13.0. The summed E-state index contributed by atoms with van der Waals surface area (Å²) in [6.07, 6.45) is 3.27. The van der Waals surface area contributed by atoms with E-state index in [9.17, 15) is 9.59 Å². The lowest BCUT2D eigenvalue weighted by Crippen LogP contribution is -2.51. The van der Waals surface area contributed by atoms with Gasteiger partial charge in [-0.25, -0.2) is 9.48 Å². The zero-order valence-corrected chi connectivity index (χ0v) is 19.0. The van der Waals surface area contributed by atoms with Gasteiger partial charge in [0.2, 0.25) is 0 Å². The minimum Gasteiger partial charge on any atom is -0.468 e. The molecule has 4 rings (SSSR count). The lowest BCUT2D eigenvalue weighted by atomic mass is 10.0. The molecule has 1 saturated heterocycles. The zero-order chi connectivity index (χ0) is 22.7. The summed E-state index contributed by atoms with van der Waals surface area (Å²) in [5.74, 6) is -0.428. The minimum atomic E-state index is -0.540. The van der Waals surface area contributed by atoms with Crippen molar-refractivity contribution in [2.75, 3.05) is 33.3 Å². The first-order chi connectivity index (χ1) is 15.5. The molecule has 1 amide bonds. The fourth-order valence-electron chi connectivity index (χ4n) is 3.79. The number of halogens is 2. The monoisotopic (exact) mass is 472 g/mol. The normalized spacial score (nSPS) is 15.4. The van der Waals surface area contributed by atoms with Gasteiger partial charge in [0.05, 0.1) is 24.6 Å². The summed E-state index contributed by atoms with van der Waals surface area (Å²) in [5.41, 5.74) is 2.14. The fraction of sp³-hybridized carbons (Fsp3) is 0.261. The second-order valence-electron chi connectivity index (χ2n) is 7.46. The highest BCUT2D eigenvalue weighted by molar-refractivity contribution is 6.30. The van der Waals surface area contributed by atoms with Crippen molar-refractivity contribution in [3.8, 4) is 5.69 Å². The van der Waals surface area contributed by atoms with E-state index >= 15 is 0 Å². The van der Waals surface area contributed by atoms with Crippen molar-refractivity contribution >= 4 is 35.1 Å². The van der Waals surface area contributed by atoms with Gasteiger partial charge in [-0.15, -0.1) is 0 Å². The number of piperazine rings is 1. The van der Waals surface area contributed by atoms with Crippen LogP contribution in [0.2, 0.25) is 10.0 Å². The third-order valence-corrected chi connectivity index (χ3v) is 6.00. The lowest BCUT2D eigenvalue weighted by molar-refractivity contribution is -0.148. The number of ether oxygens (including phenoxy) is 1. The van der Waals surface area contributed by atoms with Crippen molar-refractivity contribution in [3.63, 3.8) is 0 Å². The molecule has 0 N–H and O–H groups in total. The van der Waals surface area contributed by atoms with Gasteiger partial charge in [0.1, 0.15) is 6.04 Å². The van der Waals surface area contributed by atoms with Crippen LogP contribution in [-0.4, -0.2) is 64.7 Å². The number of methoxy groups -OCH3 is 1. The first-order valence-corrected chi connectivity index (χ1v) is 10.9. The Bertz CT molecular complexity index is 1090. The molecule has 0 aliphatic carbocycles. The van der Waals surface area contributed by atoms with Gasteiger partial charge in [-0.1, -0.05) is 35.3 Å². The quantitative estimate of drug-likeness (QED) is 0.527. The van der Waals surface area contributed by atoms with E-state index in [2.05, 4.69) is 5.10 Å². The van der Waals surface area contributed by atoms with Crippen molar-refractivity contribution in [1.82, 2.24) is 19.6 Å². The zero-order valence-electron chi connectivity index (χ0n) is 17.4. The average Bonchev–Trinajstić information content (AvgIpc) is 3.31. The number of esters is 1. The van der Waals surface area contributed by atoms with Crippen LogP contribution < -0.4 is 0 Å². The number of rotatable bonds is 5. The summed E-state index contributed by atoms with van der Waals surface area (Å²) < 4.78 is 6.68. The Morgan fingerprint density at radius 2 is 1.53 bits per heavy atom. The van der Waals surface area contributed by atoms with Crippen molar-refractivity contribution in [3.05, 3.63) is 82.1 Å². The molecule has 3 aromatic rings. The smallest absolute Gasteiger partial charge is 0.327 e. The van der Waals surface area contributed by atoms with Crippen LogP contribution >= 0.6 is 23.2 Å². The molecule has 0 saturated carbocycles. The summed E-state index contributed by atoms with van der Waals surface area (Å²) in [6.45, 7) is 2.07. The molecule has 2 aromatic carbocycles. The molecule has 1 unspecified atom stereocenters. The molecule has 0 spiro atoms. The molecule has 32 heavy (non-hydrogen) atoms. The standard InChI is InChI=1S/C23H22Cl2N4O3/c1-32-23(31)21(16-2-4-18(24)5-3-16)27-10-12-28(13-11-27)22(30)17-14-26-29(15-17)20-8-6-19(25)7-9-20/h2-9,14-15,21H,10-13H2,1H3. The Morgan fingerprint density at radius 3 is 2.12 bits per heavy atom. The van der Waals surface area contributed by atoms with Gasteiger partial charge in [0.25, 0.3) is 5.91 Å². The van der Waals surface area contributed by atoms with Gasteiger partial charge in [-0.3, -0.25) is 9.69 Å². The van der Waals surface area contributed by atoms with Crippen molar-refractivity contribution in [2.45, 2.75) is 6.04 Å². The maximum atomic E-state index is 13.0. The minimum absolute atomic E-state index is 0.0917. The highest BCUT2D eigenvalue weighted by Crippen LogP contribution is 2.25. The van der Waals surface area contributed by atoms with E-state index in [1.165, 1.54) is 7.11 Å². The highest BCUT2D eigenvalue weighted by atomic mass is 35.5. The van der Waals surface area contributed by atoms with Crippen molar-refractivity contribution < 1.29 is 14.3 Å². The van der Waals surface area contributed by atoms with Crippen LogP contribution in [0.5, 0.6) is 0 Å². The molecule has 0 radical (unpaired) electrons. The number of aromatic nitrogens is 2. The molecule has 7 nitrogen and oxygen atoms in total. The second-order valence-corrected chi connectivity index (χ2v) is 8.33. The van der Waals surface area contributed by atoms with Crippen LogP contribution in [0.15, 0.2) is 60.9 Å². The van der Waals surface area contributed by atoms with Crippen LogP contribution in [0.4, 0.5) is 0 Å². The molecule has 1 fully saturated rings. The Morgan fingerprint density at radius 1 is 0.938 bits per heavy atom. The van der Waals surface area contributed by atoms with Crippen molar-refractivity contribution in [2.24, 2.45) is 0 Å². The first kappa shape index (κ1) is 22.3. The molecule has 0 bridgehead atoms. The summed E-state index contributed by atoms with van der Waals surface area (Å²) in [5, 5.41) is 5.54. The van der Waals surface area contributed by atoms with Gasteiger partial charge in [-0.05, 0) is 42.0 Å². The molecule has 1 aromatic heterocycles. The van der Waals surface area contributed by atoms with E-state index in [-0.39, 0.29) is 11.9 Å². The van der Waals surface area contributed by atoms with Crippen molar-refractivity contribution in [1.29, 1.82) is 0 Å². The van der Waals surface area contributed by atoms with E-state index < -0.39 is 6.04 Å². The third kappa shape index (κ3) is 4.80. The van der Waals surface area contributed by atoms with Gasteiger partial charge >= 0.3 is 5.97 Å². The number of hydrogen-bond donors (Lipinski definition) is 0. The molecule has 1 atom stereocenters. The van der Waals surface area contributed by atoms with Gasteiger partial charge in [-0.2, -0.15) is 5.10 Å². The molecule has 2 heterocycles. The second kappa shape index (κ2) is 9.73. The first-order valence-electron chi connectivity index (χ1n) is 10.1. The SMILES string of the molecule is COC(=O)C(c1ccc(Cl)cc1)N1CCN(C(=O)c2cnn(-c3ccc(Cl)cc3)c2)CC1. The van der Waals surface area contributed by atoms with E-state index in [0.29, 0.717) is 41.8 Å². The summed E-state index contributed by atoms with van der Waals surface area (Å²) in [6, 6.07) is 13.9. The van der Waals surface area contributed by atoms with E-state index in [1.54, 1.807) is 46.2 Å². The number of carbonyl (C=O) groups excluding carboxylic acids is 2. The van der Waals surface area contributed by atoms with Gasteiger partial charge in [0.15, 0.2) is 0 Å². The topological polar surface area (TPSA) is 67.7 Å². The third-order valence-electron chi connectivity index (χ3n) is 5.50. The van der Waals surface area contributed by atoms with E-state index in [1.807, 2.05) is 29.2 Å². The average molecular weight is 473 g/mol. The molecular weight excluding hydrogens is 451 g/mol. The molecule has 166 valence electrons. The highest BCUT2D eigenvalue weighted by Gasteiger charge is 2.32. The summed E-state index contributed by atoms with van der Waals surface area (Å²) in [4.78, 5) is 29.3. The largest absolute Gasteiger partial charge is 0.468 e. The molecule has 9 heteroatoms. The predicted molar refractivity (Wildman–Crippen MR) is 122 cm³/mol. The Balaban J connectivity index is 1.43. The molecular formula is C23H22Cl2N4O3.